The number of aromatic nitrogens is 2. The van der Waals surface area contributed by atoms with Gasteiger partial charge in [0, 0.05) is 43.0 Å². The van der Waals surface area contributed by atoms with E-state index in [2.05, 4.69) is 15.3 Å². The molecule has 3 rings (SSSR count). The van der Waals surface area contributed by atoms with E-state index in [-0.39, 0.29) is 12.0 Å². The van der Waals surface area contributed by atoms with Gasteiger partial charge >= 0.3 is 6.09 Å². The molecule has 1 N–H and O–H groups in total. The molecule has 0 saturated carbocycles. The highest BCUT2D eigenvalue weighted by molar-refractivity contribution is 5.94. The third-order valence-electron chi connectivity index (χ3n) is 3.97. The zero-order valence-electron chi connectivity index (χ0n) is 14.5. The summed E-state index contributed by atoms with van der Waals surface area (Å²) in [7, 11) is 1.54. The van der Waals surface area contributed by atoms with Crippen LogP contribution in [0.1, 0.15) is 16.8 Å². The lowest BCUT2D eigenvalue weighted by Gasteiger charge is -2.26. The molecule has 2 amide bonds. The third-order valence-corrected chi connectivity index (χ3v) is 3.97. The maximum Gasteiger partial charge on any atom is 0.409 e. The van der Waals surface area contributed by atoms with Crippen LogP contribution in [0.3, 0.4) is 0 Å². The Morgan fingerprint density at radius 2 is 2.12 bits per heavy atom. The summed E-state index contributed by atoms with van der Waals surface area (Å²) < 4.78 is 10.0. The van der Waals surface area contributed by atoms with Crippen LogP contribution in [0.4, 0.5) is 4.79 Å². The van der Waals surface area contributed by atoms with Crippen LogP contribution in [-0.2, 0) is 4.74 Å². The van der Waals surface area contributed by atoms with Crippen LogP contribution in [0.15, 0.2) is 36.5 Å². The first-order valence-electron chi connectivity index (χ1n) is 8.35. The Labute approximate surface area is 151 Å². The molecule has 0 spiro atoms. The highest BCUT2D eigenvalue weighted by Crippen LogP contribution is 2.17. The quantitative estimate of drug-likeness (QED) is 0.847. The highest BCUT2D eigenvalue weighted by atomic mass is 16.6. The Bertz CT molecular complexity index is 779. The number of carbonyl (C=O) groups is 2. The van der Waals surface area contributed by atoms with Crippen molar-refractivity contribution in [3.8, 4) is 17.3 Å². The van der Waals surface area contributed by atoms with Crippen LogP contribution < -0.4 is 10.1 Å². The van der Waals surface area contributed by atoms with Crippen molar-refractivity contribution in [2.45, 2.75) is 6.42 Å². The largest absolute Gasteiger partial charge is 0.481 e. The molecule has 1 aliphatic heterocycles. The topological polar surface area (TPSA) is 93.6 Å². The van der Waals surface area contributed by atoms with E-state index < -0.39 is 0 Å². The van der Waals surface area contributed by atoms with Gasteiger partial charge in [-0.2, -0.15) is 4.98 Å². The number of methoxy groups -OCH3 is 1. The van der Waals surface area contributed by atoms with E-state index in [4.69, 9.17) is 9.47 Å². The smallest absolute Gasteiger partial charge is 0.409 e. The van der Waals surface area contributed by atoms with E-state index in [1.54, 1.807) is 48.5 Å². The molecular formula is C18H20N4O4. The van der Waals surface area contributed by atoms with E-state index >= 15 is 0 Å². The zero-order chi connectivity index (χ0) is 18.4. The molecule has 0 unspecified atom stereocenters. The second-order valence-electron chi connectivity index (χ2n) is 5.71. The lowest BCUT2D eigenvalue weighted by atomic mass is 10.1. The van der Waals surface area contributed by atoms with Gasteiger partial charge in [-0.1, -0.05) is 12.1 Å². The summed E-state index contributed by atoms with van der Waals surface area (Å²) in [6.45, 7) is 1.92. The van der Waals surface area contributed by atoms with Crippen LogP contribution in [0.5, 0.6) is 5.88 Å². The van der Waals surface area contributed by atoms with Crippen LogP contribution in [-0.4, -0.2) is 60.2 Å². The lowest BCUT2D eigenvalue weighted by molar-refractivity contribution is 0.0719. The molecule has 1 aromatic carbocycles. The van der Waals surface area contributed by atoms with E-state index in [0.717, 1.165) is 12.0 Å². The fourth-order valence-electron chi connectivity index (χ4n) is 2.57. The lowest BCUT2D eigenvalue weighted by Crippen LogP contribution is -2.42. The number of hydrogen-bond acceptors (Lipinski definition) is 6. The van der Waals surface area contributed by atoms with E-state index in [0.29, 0.717) is 43.5 Å². The molecule has 0 radical (unpaired) electrons. The van der Waals surface area contributed by atoms with E-state index in [1.807, 2.05) is 0 Å². The van der Waals surface area contributed by atoms with Gasteiger partial charge in [0.1, 0.15) is 0 Å². The van der Waals surface area contributed by atoms with Crippen molar-refractivity contribution in [3.63, 3.8) is 0 Å². The zero-order valence-corrected chi connectivity index (χ0v) is 14.5. The number of cyclic esters (lactones) is 1. The summed E-state index contributed by atoms with van der Waals surface area (Å²) in [5.41, 5.74) is 1.31. The summed E-state index contributed by atoms with van der Waals surface area (Å²) in [5, 5.41) is 2.80. The third kappa shape index (κ3) is 4.27. The molecule has 136 valence electrons. The Morgan fingerprint density at radius 1 is 1.31 bits per heavy atom. The number of nitrogens with zero attached hydrogens (tertiary/aromatic N) is 3. The number of nitrogens with one attached hydrogen (secondary N) is 1. The Kier molecular flexibility index (Phi) is 5.62. The van der Waals surface area contributed by atoms with Crippen molar-refractivity contribution < 1.29 is 19.1 Å². The number of carbonyl (C=O) groups excluding carboxylic acids is 2. The molecule has 8 heteroatoms. The predicted molar refractivity (Wildman–Crippen MR) is 93.9 cm³/mol. The first kappa shape index (κ1) is 17.7. The van der Waals surface area contributed by atoms with Crippen molar-refractivity contribution in [1.29, 1.82) is 0 Å². The van der Waals surface area contributed by atoms with Gasteiger partial charge in [-0.05, 0) is 18.6 Å². The maximum absolute atomic E-state index is 12.2. The first-order valence-corrected chi connectivity index (χ1v) is 8.35. The Hall–Kier alpha value is -3.16. The summed E-state index contributed by atoms with van der Waals surface area (Å²) in [4.78, 5) is 33.8. The average Bonchev–Trinajstić information content (AvgIpc) is 2.69. The Balaban J connectivity index is 1.55. The maximum atomic E-state index is 12.2. The molecule has 8 nitrogen and oxygen atoms in total. The van der Waals surface area contributed by atoms with Gasteiger partial charge in [-0.15, -0.1) is 0 Å². The minimum atomic E-state index is -0.326. The van der Waals surface area contributed by atoms with Crippen molar-refractivity contribution in [3.05, 3.63) is 42.1 Å². The van der Waals surface area contributed by atoms with Crippen LogP contribution in [0.2, 0.25) is 0 Å². The van der Waals surface area contributed by atoms with Gasteiger partial charge < -0.3 is 19.7 Å². The molecule has 1 fully saturated rings. The molecule has 0 aliphatic carbocycles. The second kappa shape index (κ2) is 8.28. The molecule has 26 heavy (non-hydrogen) atoms. The van der Waals surface area contributed by atoms with Crippen LogP contribution in [0.25, 0.3) is 11.4 Å². The monoisotopic (exact) mass is 356 g/mol. The van der Waals surface area contributed by atoms with E-state index in [9.17, 15) is 9.59 Å². The molecule has 2 heterocycles. The predicted octanol–water partition coefficient (Wildman–Crippen LogP) is 1.72. The fourth-order valence-corrected chi connectivity index (χ4v) is 2.57. The first-order chi connectivity index (χ1) is 12.7. The SMILES string of the molecule is COc1ccnc(-c2ccc(C(=O)NCCN3CCCOC3=O)cc2)n1. The standard InChI is InChI=1S/C18H20N4O4/c1-25-15-7-8-19-16(21-15)13-3-5-14(6-4-13)17(23)20-9-11-22-10-2-12-26-18(22)24/h3-8H,2,9-12H2,1H3,(H,20,23). The van der Waals surface area contributed by atoms with Gasteiger partial charge in [-0.3, -0.25) is 4.79 Å². The number of rotatable bonds is 6. The van der Waals surface area contributed by atoms with Gasteiger partial charge in [0.25, 0.3) is 5.91 Å². The molecule has 2 aromatic rings. The molecule has 1 aromatic heterocycles. The van der Waals surface area contributed by atoms with Crippen LogP contribution in [0, 0.1) is 0 Å². The van der Waals surface area contributed by atoms with Crippen molar-refractivity contribution in [2.24, 2.45) is 0 Å². The molecule has 1 aliphatic rings. The van der Waals surface area contributed by atoms with Gasteiger partial charge in [0.05, 0.1) is 13.7 Å². The normalized spacial score (nSPS) is 13.9. The van der Waals surface area contributed by atoms with Gasteiger partial charge in [0.2, 0.25) is 5.88 Å². The summed E-state index contributed by atoms with van der Waals surface area (Å²) >= 11 is 0. The summed E-state index contributed by atoms with van der Waals surface area (Å²) in [6.07, 6.45) is 2.11. The Morgan fingerprint density at radius 3 is 2.85 bits per heavy atom. The van der Waals surface area contributed by atoms with Crippen molar-refractivity contribution in [1.82, 2.24) is 20.2 Å². The molecule has 1 saturated heterocycles. The minimum Gasteiger partial charge on any atom is -0.481 e. The van der Waals surface area contributed by atoms with E-state index in [1.165, 1.54) is 0 Å². The summed E-state index contributed by atoms with van der Waals surface area (Å²) in [6, 6.07) is 8.66. The highest BCUT2D eigenvalue weighted by Gasteiger charge is 2.19. The minimum absolute atomic E-state index is 0.200. The van der Waals surface area contributed by atoms with Crippen molar-refractivity contribution in [2.75, 3.05) is 33.4 Å². The molecule has 0 atom stereocenters. The van der Waals surface area contributed by atoms with Gasteiger partial charge in [0.15, 0.2) is 5.82 Å². The van der Waals surface area contributed by atoms with Gasteiger partial charge in [-0.25, -0.2) is 9.78 Å². The molecule has 0 bridgehead atoms. The number of hydrogen-bond donors (Lipinski definition) is 1. The number of amides is 2. The molecular weight excluding hydrogens is 336 g/mol. The van der Waals surface area contributed by atoms with Crippen LogP contribution >= 0.6 is 0 Å². The second-order valence-corrected chi connectivity index (χ2v) is 5.71. The summed E-state index contributed by atoms with van der Waals surface area (Å²) in [5.74, 6) is 0.807. The van der Waals surface area contributed by atoms with Crippen molar-refractivity contribution >= 4 is 12.0 Å². The number of ether oxygens (including phenoxy) is 2. The fraction of sp³-hybridized carbons (Fsp3) is 0.333. The number of benzene rings is 1. The average molecular weight is 356 g/mol.